The number of thiazole rings is 1. The molecule has 2 aromatic heterocycles. The summed E-state index contributed by atoms with van der Waals surface area (Å²) in [6, 6.07) is 76.3. The van der Waals surface area contributed by atoms with E-state index in [4.69, 9.17) is 14.4 Å². The lowest BCUT2D eigenvalue weighted by Crippen LogP contribution is -2.25. The maximum atomic E-state index is 7.26. The van der Waals surface area contributed by atoms with Crippen molar-refractivity contribution >= 4 is 101 Å². The van der Waals surface area contributed by atoms with Crippen molar-refractivity contribution in [3.63, 3.8) is 0 Å². The topological polar surface area (TPSA) is 51.9 Å². The Kier molecular flexibility index (Phi) is 8.25. The monoisotopic (exact) mass is 840 g/mol. The first kappa shape index (κ1) is 36.2. The number of fused-ring (bicyclic) bond motifs is 6. The first-order valence-electron chi connectivity index (χ1n) is 21.3. The van der Waals surface area contributed by atoms with E-state index in [0.29, 0.717) is 11.5 Å². The van der Waals surface area contributed by atoms with Crippen LogP contribution in [-0.4, -0.2) is 9.97 Å². The van der Waals surface area contributed by atoms with Crippen molar-refractivity contribution < 1.29 is 4.42 Å². The molecule has 0 unspecified atom stereocenters. The van der Waals surface area contributed by atoms with Gasteiger partial charge in [-0.25, -0.2) is 9.97 Å². The van der Waals surface area contributed by atoms with Gasteiger partial charge in [0.25, 0.3) is 0 Å². The number of oxazole rings is 1. The SMILES string of the molecule is c1ccc(-c2nc3c(N4c5ccccc5N(c5ccccc5)c5ccccc54)c4sc(-c5ccccc5)nc4c(N4c5ccccc5N(c5ccccc5)c5ccccc54)c3o2)cc1. The molecule has 0 bridgehead atoms. The van der Waals surface area contributed by atoms with E-state index < -0.39 is 0 Å². The summed E-state index contributed by atoms with van der Waals surface area (Å²) < 4.78 is 8.26. The Morgan fingerprint density at radius 1 is 0.328 bits per heavy atom. The van der Waals surface area contributed by atoms with Gasteiger partial charge in [-0.1, -0.05) is 133 Å². The fourth-order valence-electron chi connectivity index (χ4n) is 9.40. The molecule has 9 aromatic carbocycles. The summed E-state index contributed by atoms with van der Waals surface area (Å²) in [7, 11) is 0. The van der Waals surface area contributed by atoms with Gasteiger partial charge in [0.2, 0.25) is 5.89 Å². The molecular formula is C56H36N6OS. The highest BCUT2D eigenvalue weighted by Crippen LogP contribution is 2.61. The lowest BCUT2D eigenvalue weighted by Gasteiger charge is -2.41. The average Bonchev–Trinajstić information content (AvgIpc) is 4.02. The number of nitrogens with zero attached hydrogens (tertiary/aromatic N) is 6. The van der Waals surface area contributed by atoms with E-state index in [0.717, 1.165) is 100 Å². The Bertz CT molecular complexity index is 3150. The molecule has 11 aromatic rings. The van der Waals surface area contributed by atoms with Gasteiger partial charge in [-0.2, -0.15) is 0 Å². The predicted octanol–water partition coefficient (Wildman–Crippen LogP) is 16.3. The van der Waals surface area contributed by atoms with Crippen LogP contribution in [0.2, 0.25) is 0 Å². The second kappa shape index (κ2) is 14.6. The highest BCUT2D eigenvalue weighted by Gasteiger charge is 2.39. The quantitative estimate of drug-likeness (QED) is 0.165. The van der Waals surface area contributed by atoms with Gasteiger partial charge >= 0.3 is 0 Å². The van der Waals surface area contributed by atoms with E-state index in [1.54, 1.807) is 11.3 Å². The summed E-state index contributed by atoms with van der Waals surface area (Å²) in [4.78, 5) is 20.7. The molecule has 13 rings (SSSR count). The van der Waals surface area contributed by atoms with E-state index in [1.165, 1.54) is 0 Å². The standard InChI is InChI=1S/C56H36N6OS/c1-5-21-37(22-6-1)55-57-49-52(62-47-35-19-15-31-43(47)60(40-27-11-4-12-28-40)44-32-16-20-36-48(44)62)54-50(58-56(64-54)38-23-7-2-8-24-38)51(53(49)63-55)61-45-33-17-13-29-41(45)59(39-25-9-3-10-26-39)42-30-14-18-34-46(42)61/h1-36H. The van der Waals surface area contributed by atoms with Crippen molar-refractivity contribution in [1.82, 2.24) is 9.97 Å². The van der Waals surface area contributed by atoms with Gasteiger partial charge in [-0.15, -0.1) is 11.3 Å². The van der Waals surface area contributed by atoms with Gasteiger partial charge in [0.05, 0.1) is 55.9 Å². The van der Waals surface area contributed by atoms with Crippen LogP contribution >= 0.6 is 11.3 Å². The molecule has 2 aliphatic heterocycles. The molecule has 64 heavy (non-hydrogen) atoms. The van der Waals surface area contributed by atoms with Gasteiger partial charge in [-0.05, 0) is 84.9 Å². The van der Waals surface area contributed by atoms with Crippen molar-refractivity contribution in [3.8, 4) is 22.0 Å². The molecule has 7 nitrogen and oxygen atoms in total. The van der Waals surface area contributed by atoms with Gasteiger partial charge in [0, 0.05) is 22.5 Å². The number of aromatic nitrogens is 2. The van der Waals surface area contributed by atoms with Crippen LogP contribution in [0, 0.1) is 0 Å². The molecule has 0 atom stereocenters. The Hall–Kier alpha value is -8.46. The Morgan fingerprint density at radius 3 is 1.12 bits per heavy atom. The number of anilines is 12. The van der Waals surface area contributed by atoms with Crippen LogP contribution in [0.1, 0.15) is 0 Å². The molecule has 0 spiro atoms. The van der Waals surface area contributed by atoms with Crippen LogP contribution < -0.4 is 19.6 Å². The first-order chi connectivity index (χ1) is 31.8. The zero-order chi connectivity index (χ0) is 42.1. The predicted molar refractivity (Wildman–Crippen MR) is 264 cm³/mol. The summed E-state index contributed by atoms with van der Waals surface area (Å²) in [6.07, 6.45) is 0. The van der Waals surface area contributed by atoms with Gasteiger partial charge in [0.15, 0.2) is 5.58 Å². The molecule has 8 heteroatoms. The minimum absolute atomic E-state index is 0.535. The smallest absolute Gasteiger partial charge is 0.227 e. The highest BCUT2D eigenvalue weighted by molar-refractivity contribution is 7.22. The Labute approximate surface area is 373 Å². The second-order valence-corrected chi connectivity index (χ2v) is 16.8. The minimum Gasteiger partial charge on any atom is -0.434 e. The van der Waals surface area contributed by atoms with Crippen LogP contribution in [0.25, 0.3) is 43.3 Å². The Morgan fingerprint density at radius 2 is 0.688 bits per heavy atom. The minimum atomic E-state index is 0.535. The maximum Gasteiger partial charge on any atom is 0.227 e. The van der Waals surface area contributed by atoms with Crippen molar-refractivity contribution in [2.75, 3.05) is 19.6 Å². The summed E-state index contributed by atoms with van der Waals surface area (Å²) in [6.45, 7) is 0. The van der Waals surface area contributed by atoms with Gasteiger partial charge in [0.1, 0.15) is 21.7 Å². The third kappa shape index (κ3) is 5.53. The molecule has 0 fully saturated rings. The Balaban J connectivity index is 1.17. The van der Waals surface area contributed by atoms with E-state index in [-0.39, 0.29) is 0 Å². The molecule has 0 aliphatic carbocycles. The van der Waals surface area contributed by atoms with Crippen molar-refractivity contribution in [3.05, 3.63) is 218 Å². The van der Waals surface area contributed by atoms with E-state index >= 15 is 0 Å². The van der Waals surface area contributed by atoms with E-state index in [2.05, 4.69) is 220 Å². The number of benzene rings is 9. The van der Waals surface area contributed by atoms with E-state index in [1.807, 2.05) is 18.2 Å². The molecule has 4 heterocycles. The van der Waals surface area contributed by atoms with Crippen molar-refractivity contribution in [2.45, 2.75) is 0 Å². The summed E-state index contributed by atoms with van der Waals surface area (Å²) in [5.41, 5.74) is 16.3. The van der Waals surface area contributed by atoms with Crippen LogP contribution in [0.3, 0.4) is 0 Å². The molecule has 0 N–H and O–H groups in total. The zero-order valence-electron chi connectivity index (χ0n) is 34.3. The summed E-state index contributed by atoms with van der Waals surface area (Å²) >= 11 is 1.69. The van der Waals surface area contributed by atoms with Gasteiger partial charge in [-0.3, -0.25) is 0 Å². The lowest BCUT2D eigenvalue weighted by atomic mass is 10.0. The second-order valence-electron chi connectivity index (χ2n) is 15.8. The highest BCUT2D eigenvalue weighted by atomic mass is 32.1. The van der Waals surface area contributed by atoms with Crippen molar-refractivity contribution in [2.24, 2.45) is 0 Å². The number of hydrogen-bond acceptors (Lipinski definition) is 8. The number of hydrogen-bond donors (Lipinski definition) is 0. The molecule has 2 aliphatic rings. The molecule has 0 amide bonds. The molecule has 0 saturated heterocycles. The molecule has 0 saturated carbocycles. The average molecular weight is 841 g/mol. The normalized spacial score (nSPS) is 12.9. The third-order valence-corrected chi connectivity index (χ3v) is 13.2. The fraction of sp³-hybridized carbons (Fsp3) is 0. The zero-order valence-corrected chi connectivity index (χ0v) is 35.1. The largest absolute Gasteiger partial charge is 0.434 e. The van der Waals surface area contributed by atoms with Crippen molar-refractivity contribution in [1.29, 1.82) is 0 Å². The van der Waals surface area contributed by atoms with Gasteiger partial charge < -0.3 is 24.0 Å². The first-order valence-corrected chi connectivity index (χ1v) is 22.2. The maximum absolute atomic E-state index is 7.26. The molecule has 0 radical (unpaired) electrons. The summed E-state index contributed by atoms with van der Waals surface area (Å²) in [5, 5.41) is 0.906. The number of rotatable bonds is 6. The third-order valence-electron chi connectivity index (χ3n) is 12.1. The number of para-hydroxylation sites is 10. The van der Waals surface area contributed by atoms with Crippen LogP contribution in [0.5, 0.6) is 0 Å². The van der Waals surface area contributed by atoms with Crippen LogP contribution in [-0.2, 0) is 0 Å². The van der Waals surface area contributed by atoms with E-state index in [9.17, 15) is 0 Å². The summed E-state index contributed by atoms with van der Waals surface area (Å²) in [5.74, 6) is 0.535. The molecule has 302 valence electrons. The van der Waals surface area contributed by atoms with Crippen LogP contribution in [0.15, 0.2) is 223 Å². The molecular weight excluding hydrogens is 805 g/mol. The van der Waals surface area contributed by atoms with Crippen LogP contribution in [0.4, 0.5) is 68.2 Å². The lowest BCUT2D eigenvalue weighted by molar-refractivity contribution is 0.620. The fourth-order valence-corrected chi connectivity index (χ4v) is 10.5.